The van der Waals surface area contributed by atoms with E-state index in [0.717, 1.165) is 19.3 Å². The molecule has 1 saturated carbocycles. The molecule has 1 atom stereocenters. The summed E-state index contributed by atoms with van der Waals surface area (Å²) in [6, 6.07) is 0.0441. The second-order valence-corrected chi connectivity index (χ2v) is 6.60. The number of fused-ring (bicyclic) bond motifs is 1. The van der Waals surface area contributed by atoms with Crippen molar-refractivity contribution >= 4 is 22.9 Å². The van der Waals surface area contributed by atoms with Crippen LogP contribution in [-0.2, 0) is 11.3 Å². The van der Waals surface area contributed by atoms with E-state index in [1.54, 1.807) is 6.92 Å². The van der Waals surface area contributed by atoms with Crippen molar-refractivity contribution in [1.29, 1.82) is 0 Å². The lowest BCUT2D eigenvalue weighted by molar-refractivity contribution is -0.131. The average Bonchev–Trinajstić information content (AvgIpc) is 3.22. The molecule has 134 valence electrons. The summed E-state index contributed by atoms with van der Waals surface area (Å²) >= 11 is 0. The Hall–Kier alpha value is -2.32. The largest absolute Gasteiger partial charge is 0.364 e. The maximum absolute atomic E-state index is 13.2. The highest BCUT2D eigenvalue weighted by atomic mass is 19.3. The van der Waals surface area contributed by atoms with Crippen LogP contribution in [0.4, 0.5) is 14.6 Å². The van der Waals surface area contributed by atoms with Crippen LogP contribution in [0.3, 0.4) is 0 Å². The predicted molar refractivity (Wildman–Crippen MR) is 87.3 cm³/mol. The molecule has 1 aliphatic carbocycles. The Morgan fingerprint density at radius 1 is 1.36 bits per heavy atom. The van der Waals surface area contributed by atoms with Crippen molar-refractivity contribution in [3.8, 4) is 0 Å². The number of alkyl halides is 2. The van der Waals surface area contributed by atoms with E-state index < -0.39 is 6.43 Å². The molecule has 1 aliphatic heterocycles. The molecule has 1 N–H and O–H groups in total. The van der Waals surface area contributed by atoms with Crippen LogP contribution in [0, 0.1) is 5.92 Å². The fourth-order valence-corrected chi connectivity index (χ4v) is 3.40. The quantitative estimate of drug-likeness (QED) is 0.895. The Bertz CT molecular complexity index is 803. The number of carbonyl (C=O) groups excluding carboxylic acids is 1. The molecule has 2 fully saturated rings. The SMILES string of the molecule is CCn1c(C(F)F)nc2c(N[C@H]3CCN(C(=O)C4CC4)C3)ncnc21. The average molecular weight is 350 g/mol. The van der Waals surface area contributed by atoms with Crippen molar-refractivity contribution in [3.63, 3.8) is 0 Å². The number of nitrogens with one attached hydrogen (secondary N) is 1. The first-order valence-electron chi connectivity index (χ1n) is 8.63. The Morgan fingerprint density at radius 3 is 2.84 bits per heavy atom. The Balaban J connectivity index is 1.56. The molecule has 1 amide bonds. The summed E-state index contributed by atoms with van der Waals surface area (Å²) in [7, 11) is 0. The zero-order valence-electron chi connectivity index (χ0n) is 14.0. The molecule has 3 heterocycles. The third-order valence-electron chi connectivity index (χ3n) is 4.84. The van der Waals surface area contributed by atoms with E-state index in [2.05, 4.69) is 20.3 Å². The van der Waals surface area contributed by atoms with Gasteiger partial charge in [-0.3, -0.25) is 4.79 Å². The lowest BCUT2D eigenvalue weighted by atomic mass is 10.2. The summed E-state index contributed by atoms with van der Waals surface area (Å²) in [6.45, 7) is 3.46. The Morgan fingerprint density at radius 2 is 2.16 bits per heavy atom. The zero-order chi connectivity index (χ0) is 17.6. The molecule has 0 unspecified atom stereocenters. The number of nitrogens with zero attached hydrogens (tertiary/aromatic N) is 5. The number of likely N-dealkylation sites (tertiary alicyclic amines) is 1. The second-order valence-electron chi connectivity index (χ2n) is 6.60. The molecular weight excluding hydrogens is 330 g/mol. The van der Waals surface area contributed by atoms with Crippen molar-refractivity contribution in [2.45, 2.75) is 45.2 Å². The molecule has 9 heteroatoms. The van der Waals surface area contributed by atoms with Crippen LogP contribution in [0.5, 0.6) is 0 Å². The zero-order valence-corrected chi connectivity index (χ0v) is 14.0. The third-order valence-corrected chi connectivity index (χ3v) is 4.84. The molecular formula is C16H20F2N6O. The highest BCUT2D eigenvalue weighted by Crippen LogP contribution is 2.33. The Kier molecular flexibility index (Phi) is 4.01. The fraction of sp³-hybridized carbons (Fsp3) is 0.625. The number of hydrogen-bond acceptors (Lipinski definition) is 5. The van der Waals surface area contributed by atoms with E-state index in [4.69, 9.17) is 0 Å². The van der Waals surface area contributed by atoms with Crippen LogP contribution in [0.1, 0.15) is 38.4 Å². The van der Waals surface area contributed by atoms with E-state index in [0.29, 0.717) is 36.6 Å². The predicted octanol–water partition coefficient (Wildman–Crippen LogP) is 2.21. The number of halogens is 2. The summed E-state index contributed by atoms with van der Waals surface area (Å²) < 4.78 is 27.8. The highest BCUT2D eigenvalue weighted by Gasteiger charge is 2.36. The standard InChI is InChI=1S/C16H20F2N6O/c1-2-24-14-11(22-15(24)12(17)18)13(19-8-20-14)21-10-5-6-23(7-10)16(25)9-3-4-9/h8-10,12H,2-7H2,1H3,(H,19,20,21)/t10-/m0/s1. The molecule has 0 bridgehead atoms. The molecule has 2 aromatic heterocycles. The molecule has 25 heavy (non-hydrogen) atoms. The molecule has 0 radical (unpaired) electrons. The van der Waals surface area contributed by atoms with Crippen molar-refractivity contribution in [2.75, 3.05) is 18.4 Å². The topological polar surface area (TPSA) is 75.9 Å². The van der Waals surface area contributed by atoms with Gasteiger partial charge in [-0.2, -0.15) is 0 Å². The maximum Gasteiger partial charge on any atom is 0.295 e. The second kappa shape index (κ2) is 6.20. The first-order valence-corrected chi connectivity index (χ1v) is 8.63. The number of aromatic nitrogens is 4. The van der Waals surface area contributed by atoms with Gasteiger partial charge in [0, 0.05) is 31.6 Å². The number of rotatable bonds is 5. The summed E-state index contributed by atoms with van der Waals surface area (Å²) in [6.07, 6.45) is 1.48. The van der Waals surface area contributed by atoms with E-state index in [1.807, 2.05) is 4.90 Å². The van der Waals surface area contributed by atoms with Gasteiger partial charge in [-0.05, 0) is 26.2 Å². The number of aryl methyl sites for hydroxylation is 1. The summed E-state index contributed by atoms with van der Waals surface area (Å²) in [5.74, 6) is 0.591. The normalized spacial score (nSPS) is 20.6. The van der Waals surface area contributed by atoms with Gasteiger partial charge in [-0.25, -0.2) is 23.7 Å². The van der Waals surface area contributed by atoms with E-state index in [-0.39, 0.29) is 23.7 Å². The monoisotopic (exact) mass is 350 g/mol. The van der Waals surface area contributed by atoms with Crippen molar-refractivity contribution in [2.24, 2.45) is 5.92 Å². The minimum atomic E-state index is -2.67. The molecule has 4 rings (SSSR count). The van der Waals surface area contributed by atoms with Crippen molar-refractivity contribution in [1.82, 2.24) is 24.4 Å². The highest BCUT2D eigenvalue weighted by molar-refractivity contribution is 5.84. The Labute approximate surface area is 143 Å². The van der Waals surface area contributed by atoms with Crippen LogP contribution in [0.2, 0.25) is 0 Å². The first-order chi connectivity index (χ1) is 12.1. The van der Waals surface area contributed by atoms with Crippen LogP contribution in [-0.4, -0.2) is 49.5 Å². The number of anilines is 1. The number of amides is 1. The molecule has 0 aromatic carbocycles. The minimum Gasteiger partial charge on any atom is -0.364 e. The summed E-state index contributed by atoms with van der Waals surface area (Å²) in [5, 5.41) is 3.27. The van der Waals surface area contributed by atoms with Gasteiger partial charge in [0.15, 0.2) is 22.8 Å². The van der Waals surface area contributed by atoms with Crippen LogP contribution in [0.25, 0.3) is 11.2 Å². The maximum atomic E-state index is 13.2. The number of carbonyl (C=O) groups is 1. The van der Waals surface area contributed by atoms with Gasteiger partial charge in [-0.15, -0.1) is 0 Å². The molecule has 7 nitrogen and oxygen atoms in total. The lowest BCUT2D eigenvalue weighted by Crippen LogP contribution is -2.32. The summed E-state index contributed by atoms with van der Waals surface area (Å²) in [5.41, 5.74) is 0.755. The smallest absolute Gasteiger partial charge is 0.295 e. The first kappa shape index (κ1) is 16.2. The van der Waals surface area contributed by atoms with E-state index in [9.17, 15) is 13.6 Å². The van der Waals surface area contributed by atoms with Gasteiger partial charge >= 0.3 is 0 Å². The van der Waals surface area contributed by atoms with Gasteiger partial charge < -0.3 is 14.8 Å². The van der Waals surface area contributed by atoms with Gasteiger partial charge in [0.1, 0.15) is 6.33 Å². The third kappa shape index (κ3) is 2.91. The minimum absolute atomic E-state index is 0.0441. The van der Waals surface area contributed by atoms with Gasteiger partial charge in [0.05, 0.1) is 0 Å². The number of imidazole rings is 1. The van der Waals surface area contributed by atoms with Crippen LogP contribution < -0.4 is 5.32 Å². The van der Waals surface area contributed by atoms with Crippen LogP contribution >= 0.6 is 0 Å². The van der Waals surface area contributed by atoms with Crippen molar-refractivity contribution < 1.29 is 13.6 Å². The van der Waals surface area contributed by atoms with Gasteiger partial charge in [0.25, 0.3) is 6.43 Å². The molecule has 2 aliphatic rings. The fourth-order valence-electron chi connectivity index (χ4n) is 3.40. The van der Waals surface area contributed by atoms with Crippen LogP contribution in [0.15, 0.2) is 6.33 Å². The van der Waals surface area contributed by atoms with Crippen molar-refractivity contribution in [3.05, 3.63) is 12.2 Å². The summed E-state index contributed by atoms with van der Waals surface area (Å²) in [4.78, 5) is 26.4. The lowest BCUT2D eigenvalue weighted by Gasteiger charge is -2.17. The van der Waals surface area contributed by atoms with E-state index >= 15 is 0 Å². The van der Waals surface area contributed by atoms with Gasteiger partial charge in [-0.1, -0.05) is 0 Å². The molecule has 0 spiro atoms. The van der Waals surface area contributed by atoms with E-state index in [1.165, 1.54) is 10.9 Å². The molecule has 2 aromatic rings. The number of hydrogen-bond donors (Lipinski definition) is 1. The molecule has 1 saturated heterocycles. The van der Waals surface area contributed by atoms with Gasteiger partial charge in [0.2, 0.25) is 5.91 Å².